The van der Waals surface area contributed by atoms with Gasteiger partial charge >= 0.3 is 0 Å². The van der Waals surface area contributed by atoms with Gasteiger partial charge in [-0.1, -0.05) is 48.0 Å². The van der Waals surface area contributed by atoms with E-state index >= 15 is 0 Å². The molecule has 3 rings (SSSR count). The van der Waals surface area contributed by atoms with Gasteiger partial charge in [0, 0.05) is 18.0 Å². The number of hydrogen-bond acceptors (Lipinski definition) is 2. The Labute approximate surface area is 122 Å². The SMILES string of the molecule is Cc1ccc2c(=O)n(C)c(C#N)c(-c3ccccc3)c2c1. The standard InChI is InChI=1S/C18H14N2O/c1-12-8-9-14-15(10-12)17(13-6-4-3-5-7-13)16(11-19)20(2)18(14)21/h3-10H,1-2H3. The third-order valence-electron chi connectivity index (χ3n) is 3.72. The maximum absolute atomic E-state index is 12.4. The lowest BCUT2D eigenvalue weighted by Gasteiger charge is -2.13. The van der Waals surface area contributed by atoms with Gasteiger partial charge in [-0.25, -0.2) is 0 Å². The minimum absolute atomic E-state index is 0.138. The zero-order valence-corrected chi connectivity index (χ0v) is 11.9. The summed E-state index contributed by atoms with van der Waals surface area (Å²) in [5.41, 5.74) is 3.08. The zero-order chi connectivity index (χ0) is 15.0. The molecule has 0 aliphatic rings. The highest BCUT2D eigenvalue weighted by atomic mass is 16.1. The molecule has 1 aromatic heterocycles. The first-order valence-electron chi connectivity index (χ1n) is 6.72. The molecule has 0 radical (unpaired) electrons. The van der Waals surface area contributed by atoms with Crippen LogP contribution >= 0.6 is 0 Å². The quantitative estimate of drug-likeness (QED) is 0.683. The lowest BCUT2D eigenvalue weighted by atomic mass is 9.96. The molecular weight excluding hydrogens is 260 g/mol. The number of benzene rings is 2. The summed E-state index contributed by atoms with van der Waals surface area (Å²) in [4.78, 5) is 12.4. The van der Waals surface area contributed by atoms with E-state index in [1.807, 2.05) is 55.5 Å². The molecule has 0 saturated heterocycles. The molecule has 0 aliphatic heterocycles. The predicted molar refractivity (Wildman–Crippen MR) is 84.1 cm³/mol. The Kier molecular flexibility index (Phi) is 3.08. The number of hydrogen-bond donors (Lipinski definition) is 0. The van der Waals surface area contributed by atoms with Crippen LogP contribution in [0.25, 0.3) is 21.9 Å². The van der Waals surface area contributed by atoms with E-state index in [1.54, 1.807) is 7.05 Å². The third kappa shape index (κ3) is 2.02. The van der Waals surface area contributed by atoms with Gasteiger partial charge in [0.15, 0.2) is 0 Å². The van der Waals surface area contributed by atoms with E-state index in [4.69, 9.17) is 0 Å². The Bertz CT molecular complexity index is 931. The average Bonchev–Trinajstić information content (AvgIpc) is 2.51. The highest BCUT2D eigenvalue weighted by Gasteiger charge is 2.15. The van der Waals surface area contributed by atoms with Crippen molar-refractivity contribution >= 4 is 10.8 Å². The minimum atomic E-state index is -0.138. The van der Waals surface area contributed by atoms with Gasteiger partial charge in [0.25, 0.3) is 5.56 Å². The van der Waals surface area contributed by atoms with Gasteiger partial charge in [0.1, 0.15) is 11.8 Å². The largest absolute Gasteiger partial charge is 0.302 e. The van der Waals surface area contributed by atoms with Crippen LogP contribution in [0.15, 0.2) is 53.3 Å². The van der Waals surface area contributed by atoms with Gasteiger partial charge in [0.05, 0.1) is 0 Å². The van der Waals surface area contributed by atoms with Gasteiger partial charge in [0.2, 0.25) is 0 Å². The first kappa shape index (κ1) is 13.1. The van der Waals surface area contributed by atoms with E-state index in [9.17, 15) is 10.1 Å². The number of nitrogens with zero attached hydrogens (tertiary/aromatic N) is 2. The molecule has 3 heteroatoms. The van der Waals surface area contributed by atoms with E-state index in [2.05, 4.69) is 6.07 Å². The molecule has 0 atom stereocenters. The predicted octanol–water partition coefficient (Wildman–Crippen LogP) is 3.39. The molecule has 2 aromatic carbocycles. The van der Waals surface area contributed by atoms with Crippen molar-refractivity contribution in [3.8, 4) is 17.2 Å². The van der Waals surface area contributed by atoms with Crippen LogP contribution in [-0.4, -0.2) is 4.57 Å². The summed E-state index contributed by atoms with van der Waals surface area (Å²) in [6.45, 7) is 1.98. The molecule has 0 amide bonds. The monoisotopic (exact) mass is 274 g/mol. The van der Waals surface area contributed by atoms with E-state index in [1.165, 1.54) is 4.57 Å². The molecule has 1 heterocycles. The second kappa shape index (κ2) is 4.92. The summed E-state index contributed by atoms with van der Waals surface area (Å²) in [7, 11) is 1.65. The van der Waals surface area contributed by atoms with E-state index in [-0.39, 0.29) is 5.56 Å². The third-order valence-corrected chi connectivity index (χ3v) is 3.72. The minimum Gasteiger partial charge on any atom is -0.302 e. The van der Waals surface area contributed by atoms with Crippen molar-refractivity contribution in [3.63, 3.8) is 0 Å². The summed E-state index contributed by atoms with van der Waals surface area (Å²) in [5, 5.41) is 11.0. The second-order valence-electron chi connectivity index (χ2n) is 5.11. The van der Waals surface area contributed by atoms with Crippen LogP contribution in [0, 0.1) is 18.3 Å². The Morgan fingerprint density at radius 3 is 2.43 bits per heavy atom. The Balaban J connectivity index is 2.58. The normalized spacial score (nSPS) is 10.5. The van der Waals surface area contributed by atoms with Crippen LogP contribution in [-0.2, 0) is 7.05 Å². The molecule has 3 nitrogen and oxygen atoms in total. The first-order valence-corrected chi connectivity index (χ1v) is 6.72. The van der Waals surface area contributed by atoms with Crippen LogP contribution < -0.4 is 5.56 Å². The number of aryl methyl sites for hydroxylation is 1. The summed E-state index contributed by atoms with van der Waals surface area (Å²) < 4.78 is 1.43. The molecule has 102 valence electrons. The Morgan fingerprint density at radius 2 is 1.76 bits per heavy atom. The molecule has 3 aromatic rings. The smallest absolute Gasteiger partial charge is 0.259 e. The van der Waals surface area contributed by atoms with Crippen molar-refractivity contribution in [2.75, 3.05) is 0 Å². The number of pyridine rings is 1. The van der Waals surface area contributed by atoms with Gasteiger partial charge < -0.3 is 4.57 Å². The fraction of sp³-hybridized carbons (Fsp3) is 0.111. The average molecular weight is 274 g/mol. The van der Waals surface area contributed by atoms with Crippen molar-refractivity contribution < 1.29 is 0 Å². The van der Waals surface area contributed by atoms with Crippen LogP contribution in [0.1, 0.15) is 11.3 Å². The highest BCUT2D eigenvalue weighted by Crippen LogP contribution is 2.30. The van der Waals surface area contributed by atoms with E-state index in [0.29, 0.717) is 11.1 Å². The van der Waals surface area contributed by atoms with Crippen molar-refractivity contribution in [3.05, 3.63) is 70.1 Å². The Hall–Kier alpha value is -2.86. The van der Waals surface area contributed by atoms with Gasteiger partial charge in [-0.3, -0.25) is 4.79 Å². The van der Waals surface area contributed by atoms with Crippen molar-refractivity contribution in [1.82, 2.24) is 4.57 Å². The summed E-state index contributed by atoms with van der Waals surface area (Å²) >= 11 is 0. The number of fused-ring (bicyclic) bond motifs is 1. The summed E-state index contributed by atoms with van der Waals surface area (Å²) in [6.07, 6.45) is 0. The Morgan fingerprint density at radius 1 is 1.05 bits per heavy atom. The van der Waals surface area contributed by atoms with Gasteiger partial charge in [-0.15, -0.1) is 0 Å². The number of nitriles is 1. The molecule has 0 fully saturated rings. The van der Waals surface area contributed by atoms with Crippen LogP contribution in [0.4, 0.5) is 0 Å². The van der Waals surface area contributed by atoms with Crippen LogP contribution in [0.3, 0.4) is 0 Å². The number of rotatable bonds is 1. The van der Waals surface area contributed by atoms with Crippen molar-refractivity contribution in [2.24, 2.45) is 7.05 Å². The molecule has 0 saturated carbocycles. The van der Waals surface area contributed by atoms with Gasteiger partial charge in [-0.05, 0) is 23.9 Å². The number of aromatic nitrogens is 1. The van der Waals surface area contributed by atoms with Crippen molar-refractivity contribution in [1.29, 1.82) is 5.26 Å². The fourth-order valence-electron chi connectivity index (χ4n) is 2.66. The van der Waals surface area contributed by atoms with E-state index < -0.39 is 0 Å². The maximum Gasteiger partial charge on any atom is 0.259 e. The second-order valence-corrected chi connectivity index (χ2v) is 5.11. The summed E-state index contributed by atoms with van der Waals surface area (Å²) in [6, 6.07) is 17.6. The lowest BCUT2D eigenvalue weighted by molar-refractivity contribution is 0.856. The molecule has 0 spiro atoms. The van der Waals surface area contributed by atoms with Crippen LogP contribution in [0.2, 0.25) is 0 Å². The van der Waals surface area contributed by atoms with E-state index in [0.717, 1.165) is 22.1 Å². The highest BCUT2D eigenvalue weighted by molar-refractivity contribution is 5.98. The lowest BCUT2D eigenvalue weighted by Crippen LogP contribution is -2.20. The molecule has 0 unspecified atom stereocenters. The molecule has 21 heavy (non-hydrogen) atoms. The van der Waals surface area contributed by atoms with Crippen molar-refractivity contribution in [2.45, 2.75) is 6.92 Å². The molecule has 0 N–H and O–H groups in total. The maximum atomic E-state index is 12.4. The van der Waals surface area contributed by atoms with Crippen LogP contribution in [0.5, 0.6) is 0 Å². The first-order chi connectivity index (χ1) is 10.1. The van der Waals surface area contributed by atoms with Gasteiger partial charge in [-0.2, -0.15) is 5.26 Å². The fourth-order valence-corrected chi connectivity index (χ4v) is 2.66. The zero-order valence-electron chi connectivity index (χ0n) is 11.9. The summed E-state index contributed by atoms with van der Waals surface area (Å²) in [5.74, 6) is 0. The molecule has 0 bridgehead atoms. The molecule has 0 aliphatic carbocycles. The topological polar surface area (TPSA) is 45.8 Å². The molecular formula is C18H14N2O.